The Hall–Kier alpha value is -2.02. The Labute approximate surface area is 116 Å². The van der Waals surface area contributed by atoms with Gasteiger partial charge in [-0.2, -0.15) is 0 Å². The maximum absolute atomic E-state index is 14.0. The van der Waals surface area contributed by atoms with Gasteiger partial charge in [0.05, 0.1) is 18.2 Å². The second-order valence-electron chi connectivity index (χ2n) is 4.95. The number of hydrogen-bond donors (Lipinski definition) is 1. The smallest absolute Gasteiger partial charge is 0.185 e. The molecule has 0 amide bonds. The van der Waals surface area contributed by atoms with Crippen LogP contribution < -0.4 is 5.73 Å². The highest BCUT2D eigenvalue weighted by atomic mass is 19.1. The lowest BCUT2D eigenvalue weighted by molar-refractivity contribution is 0.126. The van der Waals surface area contributed by atoms with Crippen molar-refractivity contribution in [1.29, 1.82) is 0 Å². The van der Waals surface area contributed by atoms with Gasteiger partial charge in [-0.25, -0.2) is 9.07 Å². The Bertz CT molecular complexity index is 584. The molecule has 1 heterocycles. The number of rotatable bonds is 5. The van der Waals surface area contributed by atoms with E-state index in [0.29, 0.717) is 18.1 Å². The fraction of sp³-hybridized carbons (Fsp3) is 0.462. The summed E-state index contributed by atoms with van der Waals surface area (Å²) in [6, 6.07) is 4.26. The van der Waals surface area contributed by atoms with Crippen molar-refractivity contribution in [3.05, 3.63) is 24.0 Å². The number of tetrazole rings is 1. The predicted octanol–water partition coefficient (Wildman–Crippen LogP) is 1.90. The van der Waals surface area contributed by atoms with Gasteiger partial charge < -0.3 is 10.5 Å². The van der Waals surface area contributed by atoms with Gasteiger partial charge in [0.2, 0.25) is 0 Å². The van der Waals surface area contributed by atoms with E-state index in [1.165, 1.54) is 18.2 Å². The molecule has 1 atom stereocenters. The Morgan fingerprint density at radius 3 is 2.80 bits per heavy atom. The molecule has 0 saturated carbocycles. The van der Waals surface area contributed by atoms with Gasteiger partial charge in [-0.05, 0) is 34.5 Å². The molecule has 0 aliphatic rings. The van der Waals surface area contributed by atoms with E-state index < -0.39 is 5.82 Å². The summed E-state index contributed by atoms with van der Waals surface area (Å²) < 4.78 is 20.8. The Morgan fingerprint density at radius 2 is 2.15 bits per heavy atom. The molecule has 1 aromatic heterocycles. The molecule has 0 spiro atoms. The van der Waals surface area contributed by atoms with E-state index in [0.717, 1.165) is 0 Å². The highest BCUT2D eigenvalue weighted by molar-refractivity contribution is 5.61. The van der Waals surface area contributed by atoms with Gasteiger partial charge >= 0.3 is 0 Å². The molecule has 6 nitrogen and oxygen atoms in total. The summed E-state index contributed by atoms with van der Waals surface area (Å²) >= 11 is 0. The summed E-state index contributed by atoms with van der Waals surface area (Å²) in [5, 5.41) is 11.6. The van der Waals surface area contributed by atoms with Gasteiger partial charge in [-0.3, -0.25) is 0 Å². The van der Waals surface area contributed by atoms with Crippen molar-refractivity contribution in [3.63, 3.8) is 0 Å². The number of nitrogens with two attached hydrogens (primary N) is 1. The molecule has 0 saturated heterocycles. The highest BCUT2D eigenvalue weighted by Crippen LogP contribution is 2.27. The maximum atomic E-state index is 14.0. The number of benzene rings is 1. The average Bonchev–Trinajstić information content (AvgIpc) is 2.87. The zero-order chi connectivity index (χ0) is 14.7. The second kappa shape index (κ2) is 5.96. The van der Waals surface area contributed by atoms with E-state index in [4.69, 9.17) is 10.5 Å². The number of ether oxygens (including phenoxy) is 1. The predicted molar refractivity (Wildman–Crippen MR) is 73.4 cm³/mol. The Kier molecular flexibility index (Phi) is 4.29. The number of aromatic nitrogens is 4. The van der Waals surface area contributed by atoms with Crippen LogP contribution in [0, 0.1) is 11.7 Å². The number of nitrogen functional groups attached to an aromatic ring is 1. The first kappa shape index (κ1) is 14.4. The van der Waals surface area contributed by atoms with Gasteiger partial charge in [0.1, 0.15) is 5.82 Å². The fourth-order valence-electron chi connectivity index (χ4n) is 2.02. The molecule has 2 N–H and O–H groups in total. The van der Waals surface area contributed by atoms with Crippen LogP contribution in [0.15, 0.2) is 18.2 Å². The van der Waals surface area contributed by atoms with Crippen LogP contribution in [0.2, 0.25) is 0 Å². The van der Waals surface area contributed by atoms with Gasteiger partial charge in [-0.15, -0.1) is 5.10 Å². The quantitative estimate of drug-likeness (QED) is 0.846. The molecule has 108 valence electrons. The summed E-state index contributed by atoms with van der Waals surface area (Å²) in [7, 11) is 1.61. The molecule has 2 aromatic rings. The van der Waals surface area contributed by atoms with Crippen molar-refractivity contribution in [1.82, 2.24) is 20.2 Å². The fourth-order valence-corrected chi connectivity index (χ4v) is 2.02. The largest absolute Gasteiger partial charge is 0.399 e. The number of methoxy groups -OCH3 is 1. The lowest BCUT2D eigenvalue weighted by atomic mass is 10.0. The minimum atomic E-state index is -0.407. The Morgan fingerprint density at radius 1 is 1.40 bits per heavy atom. The normalized spacial score (nSPS) is 12.8. The number of halogens is 1. The topological polar surface area (TPSA) is 78.8 Å². The van der Waals surface area contributed by atoms with Crippen LogP contribution in [0.1, 0.15) is 19.9 Å². The molecule has 0 fully saturated rings. The molecule has 0 aliphatic heterocycles. The van der Waals surface area contributed by atoms with E-state index >= 15 is 0 Å². The van der Waals surface area contributed by atoms with E-state index in [-0.39, 0.29) is 17.5 Å². The number of anilines is 1. The van der Waals surface area contributed by atoms with E-state index in [9.17, 15) is 4.39 Å². The van der Waals surface area contributed by atoms with Gasteiger partial charge in [0.25, 0.3) is 0 Å². The minimum Gasteiger partial charge on any atom is -0.399 e. The third-order valence-corrected chi connectivity index (χ3v) is 3.15. The summed E-state index contributed by atoms with van der Waals surface area (Å²) in [5.41, 5.74) is 6.46. The molecule has 20 heavy (non-hydrogen) atoms. The summed E-state index contributed by atoms with van der Waals surface area (Å²) in [5.74, 6) is 0.182. The van der Waals surface area contributed by atoms with Crippen molar-refractivity contribution < 1.29 is 9.13 Å². The van der Waals surface area contributed by atoms with Crippen LogP contribution in [0.3, 0.4) is 0 Å². The van der Waals surface area contributed by atoms with Crippen molar-refractivity contribution in [2.45, 2.75) is 19.9 Å². The summed E-state index contributed by atoms with van der Waals surface area (Å²) in [6.07, 6.45) is 0. The van der Waals surface area contributed by atoms with E-state index in [1.54, 1.807) is 11.8 Å². The molecule has 7 heteroatoms. The molecular formula is C13H18FN5O. The maximum Gasteiger partial charge on any atom is 0.185 e. The Balaban J connectivity index is 2.49. The molecule has 0 bridgehead atoms. The third kappa shape index (κ3) is 2.77. The monoisotopic (exact) mass is 279 g/mol. The first-order valence-electron chi connectivity index (χ1n) is 6.36. The van der Waals surface area contributed by atoms with Crippen LogP contribution in [0.25, 0.3) is 11.4 Å². The third-order valence-electron chi connectivity index (χ3n) is 3.15. The average molecular weight is 279 g/mol. The van der Waals surface area contributed by atoms with Crippen molar-refractivity contribution >= 4 is 5.69 Å². The van der Waals surface area contributed by atoms with Gasteiger partial charge in [-0.1, -0.05) is 13.8 Å². The van der Waals surface area contributed by atoms with Gasteiger partial charge in [0, 0.05) is 12.8 Å². The molecular weight excluding hydrogens is 261 g/mol. The lowest BCUT2D eigenvalue weighted by Crippen LogP contribution is -2.22. The first-order valence-corrected chi connectivity index (χ1v) is 6.36. The van der Waals surface area contributed by atoms with Crippen molar-refractivity contribution in [2.75, 3.05) is 19.5 Å². The van der Waals surface area contributed by atoms with E-state index in [1.807, 2.05) is 13.8 Å². The molecule has 1 aromatic carbocycles. The zero-order valence-electron chi connectivity index (χ0n) is 11.7. The number of hydrogen-bond acceptors (Lipinski definition) is 5. The van der Waals surface area contributed by atoms with E-state index in [2.05, 4.69) is 15.5 Å². The molecule has 0 radical (unpaired) electrons. The minimum absolute atomic E-state index is 0.0779. The van der Waals surface area contributed by atoms with Gasteiger partial charge in [0.15, 0.2) is 5.82 Å². The molecule has 1 unspecified atom stereocenters. The van der Waals surface area contributed by atoms with Crippen LogP contribution in [-0.2, 0) is 4.74 Å². The van der Waals surface area contributed by atoms with Crippen molar-refractivity contribution in [2.24, 2.45) is 5.92 Å². The molecule has 2 rings (SSSR count). The van der Waals surface area contributed by atoms with Crippen LogP contribution >= 0.6 is 0 Å². The molecule has 0 aliphatic carbocycles. The first-order chi connectivity index (χ1) is 9.54. The zero-order valence-corrected chi connectivity index (χ0v) is 11.7. The van der Waals surface area contributed by atoms with Crippen LogP contribution in [0.5, 0.6) is 0 Å². The van der Waals surface area contributed by atoms with Crippen LogP contribution in [0.4, 0.5) is 10.1 Å². The number of nitrogens with zero attached hydrogens (tertiary/aromatic N) is 4. The summed E-state index contributed by atoms with van der Waals surface area (Å²) in [6.45, 7) is 4.51. The lowest BCUT2D eigenvalue weighted by Gasteiger charge is -2.21. The highest BCUT2D eigenvalue weighted by Gasteiger charge is 2.23. The van der Waals surface area contributed by atoms with Crippen molar-refractivity contribution in [3.8, 4) is 11.4 Å². The van der Waals surface area contributed by atoms with Crippen LogP contribution in [-0.4, -0.2) is 33.9 Å². The standard InChI is InChI=1S/C13H18FN5O/c1-8(2)12(7-20-3)19-13(16-17-18-19)10-6-9(15)4-5-11(10)14/h4-6,8,12H,7,15H2,1-3H3. The summed E-state index contributed by atoms with van der Waals surface area (Å²) in [4.78, 5) is 0. The second-order valence-corrected chi connectivity index (χ2v) is 4.95. The SMILES string of the molecule is COCC(C(C)C)n1nnnc1-c1cc(N)ccc1F.